The maximum Gasteiger partial charge on any atom is 0.166 e. The van der Waals surface area contributed by atoms with Crippen molar-refractivity contribution in [1.82, 2.24) is 0 Å². The molecule has 0 aromatic heterocycles. The van der Waals surface area contributed by atoms with Crippen LogP contribution in [0.25, 0.3) is 0 Å². The van der Waals surface area contributed by atoms with Crippen LogP contribution in [-0.4, -0.2) is 13.2 Å². The molecule has 0 aliphatic heterocycles. The average Bonchev–Trinajstić information content (AvgIpc) is 2.15. The number of nitrogens with two attached hydrogens (primary N) is 1. The minimum absolute atomic E-state index is 0.245. The first-order chi connectivity index (χ1) is 6.74. The van der Waals surface area contributed by atoms with E-state index in [0.717, 1.165) is 0 Å². The highest BCUT2D eigenvalue weighted by Gasteiger charge is 2.01. The third-order valence-electron chi connectivity index (χ3n) is 1.53. The minimum atomic E-state index is -0.375. The van der Waals surface area contributed by atoms with Crippen LogP contribution in [0.2, 0.25) is 0 Å². The lowest BCUT2D eigenvalue weighted by molar-refractivity contribution is 0.341. The van der Waals surface area contributed by atoms with E-state index in [1.165, 1.54) is 6.07 Å². The Kier molecular flexibility index (Phi) is 4.62. The number of ether oxygens (including phenoxy) is 1. The molecule has 2 N–H and O–H groups in total. The van der Waals surface area contributed by atoms with Crippen LogP contribution < -0.4 is 10.5 Å². The molecule has 2 nitrogen and oxygen atoms in total. The molecule has 0 unspecified atom stereocenters. The highest BCUT2D eigenvalue weighted by molar-refractivity contribution is 9.10. The van der Waals surface area contributed by atoms with Crippen LogP contribution in [0.3, 0.4) is 0 Å². The van der Waals surface area contributed by atoms with Crippen molar-refractivity contribution in [3.05, 3.63) is 40.6 Å². The van der Waals surface area contributed by atoms with E-state index in [9.17, 15) is 4.39 Å². The lowest BCUT2D eigenvalue weighted by Crippen LogP contribution is -1.98. The van der Waals surface area contributed by atoms with Gasteiger partial charge in [-0.1, -0.05) is 28.1 Å². The van der Waals surface area contributed by atoms with Gasteiger partial charge in [-0.3, -0.25) is 0 Å². The molecule has 0 fully saturated rings. The fraction of sp³-hybridized carbons (Fsp3) is 0.200. The molecule has 76 valence electrons. The van der Waals surface area contributed by atoms with Gasteiger partial charge >= 0.3 is 0 Å². The molecule has 0 saturated heterocycles. The van der Waals surface area contributed by atoms with Crippen molar-refractivity contribution in [3.8, 4) is 5.75 Å². The van der Waals surface area contributed by atoms with Crippen molar-refractivity contribution in [2.45, 2.75) is 0 Å². The van der Waals surface area contributed by atoms with Crippen molar-refractivity contribution in [1.29, 1.82) is 0 Å². The van der Waals surface area contributed by atoms with E-state index in [0.29, 0.717) is 17.6 Å². The van der Waals surface area contributed by atoms with E-state index in [2.05, 4.69) is 15.9 Å². The van der Waals surface area contributed by atoms with Gasteiger partial charge in [0.25, 0.3) is 0 Å². The summed E-state index contributed by atoms with van der Waals surface area (Å²) in [6.07, 6.45) is 3.51. The molecule has 0 amide bonds. The predicted molar refractivity (Wildman–Crippen MR) is 57.8 cm³/mol. The maximum absolute atomic E-state index is 13.2. The number of benzene rings is 1. The Morgan fingerprint density at radius 3 is 2.86 bits per heavy atom. The molecule has 0 bridgehead atoms. The van der Waals surface area contributed by atoms with Gasteiger partial charge in [0.05, 0.1) is 0 Å². The summed E-state index contributed by atoms with van der Waals surface area (Å²) in [7, 11) is 0. The van der Waals surface area contributed by atoms with Crippen LogP contribution >= 0.6 is 15.9 Å². The topological polar surface area (TPSA) is 35.2 Å². The third kappa shape index (κ3) is 3.47. The molecule has 4 heteroatoms. The SMILES string of the molecule is NCC=CCOc1ccc(Br)cc1F. The van der Waals surface area contributed by atoms with E-state index in [-0.39, 0.29) is 11.6 Å². The normalized spacial score (nSPS) is 10.8. The lowest BCUT2D eigenvalue weighted by atomic mass is 10.3. The molecule has 1 rings (SSSR count). The van der Waals surface area contributed by atoms with Gasteiger partial charge in [-0.05, 0) is 18.2 Å². The van der Waals surface area contributed by atoms with Crippen molar-refractivity contribution >= 4 is 15.9 Å². The Hall–Kier alpha value is -0.870. The Balaban J connectivity index is 2.55. The Labute approximate surface area is 90.7 Å². The fourth-order valence-electron chi connectivity index (χ4n) is 0.894. The quantitative estimate of drug-likeness (QED) is 0.844. The first-order valence-electron chi connectivity index (χ1n) is 4.17. The highest BCUT2D eigenvalue weighted by atomic mass is 79.9. The molecule has 1 aromatic carbocycles. The van der Waals surface area contributed by atoms with Crippen LogP contribution in [0.15, 0.2) is 34.8 Å². The summed E-state index contributed by atoms with van der Waals surface area (Å²) in [5, 5.41) is 0. The molecule has 1 aromatic rings. The largest absolute Gasteiger partial charge is 0.486 e. The molecule has 0 saturated carbocycles. The van der Waals surface area contributed by atoms with Crippen LogP contribution in [0.1, 0.15) is 0 Å². The zero-order chi connectivity index (χ0) is 10.4. The van der Waals surface area contributed by atoms with Crippen molar-refractivity contribution in [2.75, 3.05) is 13.2 Å². The number of rotatable bonds is 4. The van der Waals surface area contributed by atoms with Crippen molar-refractivity contribution in [3.63, 3.8) is 0 Å². The summed E-state index contributed by atoms with van der Waals surface area (Å²) in [5.41, 5.74) is 5.24. The minimum Gasteiger partial charge on any atom is -0.486 e. The second-order valence-electron chi connectivity index (χ2n) is 2.59. The molecule has 0 aliphatic rings. The molecule has 14 heavy (non-hydrogen) atoms. The van der Waals surface area contributed by atoms with Gasteiger partial charge in [0.15, 0.2) is 11.6 Å². The fourth-order valence-corrected chi connectivity index (χ4v) is 1.23. The standard InChI is InChI=1S/C10H11BrFNO/c11-8-3-4-10(9(12)7-8)14-6-2-1-5-13/h1-4,7H,5-6,13H2. The van der Waals surface area contributed by atoms with Crippen molar-refractivity contribution in [2.24, 2.45) is 5.73 Å². The van der Waals surface area contributed by atoms with Crippen LogP contribution in [-0.2, 0) is 0 Å². The lowest BCUT2D eigenvalue weighted by Gasteiger charge is -2.04. The zero-order valence-electron chi connectivity index (χ0n) is 7.54. The molecule has 0 spiro atoms. The van der Waals surface area contributed by atoms with Gasteiger partial charge in [0.2, 0.25) is 0 Å². The summed E-state index contributed by atoms with van der Waals surface area (Å²) in [6, 6.07) is 4.67. The second kappa shape index (κ2) is 5.78. The van der Waals surface area contributed by atoms with E-state index >= 15 is 0 Å². The first kappa shape index (κ1) is 11.2. The van der Waals surface area contributed by atoms with E-state index in [1.54, 1.807) is 24.3 Å². The smallest absolute Gasteiger partial charge is 0.166 e. The summed E-state index contributed by atoms with van der Waals surface area (Å²) in [6.45, 7) is 0.794. The maximum atomic E-state index is 13.2. The Morgan fingerprint density at radius 2 is 2.21 bits per heavy atom. The summed E-state index contributed by atoms with van der Waals surface area (Å²) < 4.78 is 19.0. The van der Waals surface area contributed by atoms with E-state index < -0.39 is 0 Å². The number of hydrogen-bond acceptors (Lipinski definition) is 2. The van der Waals surface area contributed by atoms with Gasteiger partial charge in [0.1, 0.15) is 6.61 Å². The zero-order valence-corrected chi connectivity index (χ0v) is 9.13. The van der Waals surface area contributed by atoms with Gasteiger partial charge in [-0.2, -0.15) is 0 Å². The predicted octanol–water partition coefficient (Wildman–Crippen LogP) is 2.48. The van der Waals surface area contributed by atoms with Gasteiger partial charge in [-0.25, -0.2) is 4.39 Å². The number of halogens is 2. The summed E-state index contributed by atoms with van der Waals surface area (Å²) >= 11 is 3.16. The van der Waals surface area contributed by atoms with Crippen LogP contribution in [0.5, 0.6) is 5.75 Å². The number of hydrogen-bond donors (Lipinski definition) is 1. The molecule has 0 radical (unpaired) electrons. The Bertz CT molecular complexity index is 328. The van der Waals surface area contributed by atoms with Crippen molar-refractivity contribution < 1.29 is 9.13 Å². The van der Waals surface area contributed by atoms with E-state index in [4.69, 9.17) is 10.5 Å². The molecule has 0 heterocycles. The highest BCUT2D eigenvalue weighted by Crippen LogP contribution is 2.21. The molecular weight excluding hydrogens is 249 g/mol. The van der Waals surface area contributed by atoms with Crippen LogP contribution in [0, 0.1) is 5.82 Å². The molecule has 0 atom stereocenters. The molecule has 0 aliphatic carbocycles. The second-order valence-corrected chi connectivity index (χ2v) is 3.51. The molecular formula is C10H11BrFNO. The van der Waals surface area contributed by atoms with E-state index in [1.807, 2.05) is 0 Å². The van der Waals surface area contributed by atoms with Crippen LogP contribution in [0.4, 0.5) is 4.39 Å². The van der Waals surface area contributed by atoms with Gasteiger partial charge < -0.3 is 10.5 Å². The average molecular weight is 260 g/mol. The summed E-state index contributed by atoms with van der Waals surface area (Å²) in [4.78, 5) is 0. The Morgan fingerprint density at radius 1 is 1.43 bits per heavy atom. The summed E-state index contributed by atoms with van der Waals surface area (Å²) in [5.74, 6) is -0.129. The van der Waals surface area contributed by atoms with Gasteiger partial charge in [0, 0.05) is 11.0 Å². The first-order valence-corrected chi connectivity index (χ1v) is 4.96. The van der Waals surface area contributed by atoms with Gasteiger partial charge in [-0.15, -0.1) is 0 Å². The third-order valence-corrected chi connectivity index (χ3v) is 2.02. The monoisotopic (exact) mass is 259 g/mol.